The Morgan fingerprint density at radius 1 is 1.50 bits per heavy atom. The van der Waals surface area contributed by atoms with Gasteiger partial charge in [-0.2, -0.15) is 0 Å². The molecule has 0 radical (unpaired) electrons. The van der Waals surface area contributed by atoms with Gasteiger partial charge >= 0.3 is 0 Å². The minimum Gasteiger partial charge on any atom is -0.234 e. The number of hydrogen-bond donors (Lipinski definition) is 0. The zero-order chi connectivity index (χ0) is 8.40. The van der Waals surface area contributed by atoms with E-state index in [0.29, 0.717) is 10.8 Å². The fourth-order valence-electron chi connectivity index (χ4n) is 3.02. The third-order valence-electron chi connectivity index (χ3n) is 3.23. The van der Waals surface area contributed by atoms with Crippen molar-refractivity contribution in [3.8, 4) is 0 Å². The van der Waals surface area contributed by atoms with Gasteiger partial charge in [0.15, 0.2) is 0 Å². The summed E-state index contributed by atoms with van der Waals surface area (Å²) in [6.45, 7) is 2.39. The van der Waals surface area contributed by atoms with Crippen molar-refractivity contribution in [2.75, 3.05) is 0 Å². The summed E-state index contributed by atoms with van der Waals surface area (Å²) in [5.74, 6) is 0. The first-order chi connectivity index (χ1) is 5.62. The number of nitrogens with zero attached hydrogens (tertiary/aromatic N) is 1. The van der Waals surface area contributed by atoms with Crippen LogP contribution in [0, 0.1) is 5.41 Å². The number of halogens is 1. The Bertz CT molecular complexity index is 324. The van der Waals surface area contributed by atoms with Crippen molar-refractivity contribution in [1.29, 1.82) is 0 Å². The standard InChI is InChI=1S/C9H10BrNS/c1-8-3-9(4-8,5-8)7-11-6(10)2-12-7/h2H,3-5H2,1H3. The quantitative estimate of drug-likeness (QED) is 0.738. The maximum absolute atomic E-state index is 4.51. The highest BCUT2D eigenvalue weighted by Gasteiger charge is 2.66. The molecule has 0 spiro atoms. The number of hydrogen-bond acceptors (Lipinski definition) is 2. The van der Waals surface area contributed by atoms with Crippen molar-refractivity contribution in [3.63, 3.8) is 0 Å². The van der Waals surface area contributed by atoms with Gasteiger partial charge in [0.1, 0.15) is 9.61 Å². The molecule has 0 saturated heterocycles. The normalized spacial score (nSPS) is 43.5. The van der Waals surface area contributed by atoms with Gasteiger partial charge in [0.05, 0.1) is 0 Å². The van der Waals surface area contributed by atoms with Gasteiger partial charge in [-0.3, -0.25) is 0 Å². The molecule has 1 heterocycles. The molecule has 4 rings (SSSR count). The molecule has 0 aliphatic heterocycles. The summed E-state index contributed by atoms with van der Waals surface area (Å²) in [6, 6.07) is 0. The zero-order valence-electron chi connectivity index (χ0n) is 6.93. The molecule has 3 saturated carbocycles. The second kappa shape index (κ2) is 1.95. The molecule has 2 bridgehead atoms. The van der Waals surface area contributed by atoms with E-state index in [1.54, 1.807) is 0 Å². The first-order valence-electron chi connectivity index (χ1n) is 4.24. The van der Waals surface area contributed by atoms with E-state index in [4.69, 9.17) is 0 Å². The van der Waals surface area contributed by atoms with Crippen LogP contribution in [0.4, 0.5) is 0 Å². The summed E-state index contributed by atoms with van der Waals surface area (Å²) in [5.41, 5.74) is 1.21. The molecule has 0 unspecified atom stereocenters. The molecule has 3 fully saturated rings. The topological polar surface area (TPSA) is 12.9 Å². The highest BCUT2D eigenvalue weighted by Crippen LogP contribution is 2.73. The summed E-state index contributed by atoms with van der Waals surface area (Å²) in [7, 11) is 0. The molecule has 3 aliphatic rings. The first-order valence-corrected chi connectivity index (χ1v) is 5.91. The first kappa shape index (κ1) is 7.51. The van der Waals surface area contributed by atoms with Gasteiger partial charge in [-0.05, 0) is 40.6 Å². The van der Waals surface area contributed by atoms with Gasteiger partial charge in [-0.15, -0.1) is 11.3 Å². The predicted octanol–water partition coefficient (Wildman–Crippen LogP) is 3.35. The Labute approximate surface area is 84.3 Å². The van der Waals surface area contributed by atoms with Crippen LogP contribution < -0.4 is 0 Å². The molecule has 64 valence electrons. The number of aromatic nitrogens is 1. The molecular weight excluding hydrogens is 234 g/mol. The Balaban J connectivity index is 1.93. The van der Waals surface area contributed by atoms with Gasteiger partial charge < -0.3 is 0 Å². The summed E-state index contributed by atoms with van der Waals surface area (Å²) < 4.78 is 1.01. The van der Waals surface area contributed by atoms with E-state index in [2.05, 4.69) is 33.2 Å². The average molecular weight is 244 g/mol. The lowest BCUT2D eigenvalue weighted by molar-refractivity contribution is -0.125. The average Bonchev–Trinajstić information content (AvgIpc) is 2.26. The van der Waals surface area contributed by atoms with Crippen LogP contribution in [0.25, 0.3) is 0 Å². The van der Waals surface area contributed by atoms with Crippen molar-refractivity contribution in [1.82, 2.24) is 4.98 Å². The Hall–Kier alpha value is 0.110. The SMILES string of the molecule is CC12CC(c3nc(Br)cs3)(C1)C2. The second-order valence-corrected chi connectivity index (χ2v) is 6.27. The Morgan fingerprint density at radius 2 is 2.17 bits per heavy atom. The molecule has 0 atom stereocenters. The maximum Gasteiger partial charge on any atom is 0.117 e. The summed E-state index contributed by atoms with van der Waals surface area (Å²) in [4.78, 5) is 4.51. The van der Waals surface area contributed by atoms with Gasteiger partial charge in [-0.1, -0.05) is 6.92 Å². The second-order valence-electron chi connectivity index (χ2n) is 4.60. The molecule has 0 N–H and O–H groups in total. The van der Waals surface area contributed by atoms with Crippen LogP contribution >= 0.6 is 27.3 Å². The molecule has 3 aliphatic carbocycles. The molecule has 3 heteroatoms. The van der Waals surface area contributed by atoms with E-state index in [0.717, 1.165) is 4.60 Å². The molecule has 12 heavy (non-hydrogen) atoms. The monoisotopic (exact) mass is 243 g/mol. The lowest BCUT2D eigenvalue weighted by Gasteiger charge is -2.68. The largest absolute Gasteiger partial charge is 0.234 e. The summed E-state index contributed by atoms with van der Waals surface area (Å²) in [6.07, 6.45) is 4.12. The van der Waals surface area contributed by atoms with E-state index in [1.807, 2.05) is 11.3 Å². The van der Waals surface area contributed by atoms with Gasteiger partial charge in [-0.25, -0.2) is 4.98 Å². The van der Waals surface area contributed by atoms with E-state index in [-0.39, 0.29) is 0 Å². The predicted molar refractivity (Wildman–Crippen MR) is 53.5 cm³/mol. The van der Waals surface area contributed by atoms with Crippen LogP contribution in [0.5, 0.6) is 0 Å². The molecule has 0 amide bonds. The van der Waals surface area contributed by atoms with Crippen LogP contribution in [0.2, 0.25) is 0 Å². The molecule has 1 aromatic heterocycles. The minimum absolute atomic E-state index is 0.519. The van der Waals surface area contributed by atoms with E-state index in [1.165, 1.54) is 24.3 Å². The third-order valence-corrected chi connectivity index (χ3v) is 5.02. The van der Waals surface area contributed by atoms with Crippen LogP contribution in [0.15, 0.2) is 9.98 Å². The zero-order valence-corrected chi connectivity index (χ0v) is 9.33. The van der Waals surface area contributed by atoms with Crippen molar-refractivity contribution in [3.05, 3.63) is 15.0 Å². The smallest absolute Gasteiger partial charge is 0.117 e. The van der Waals surface area contributed by atoms with Crippen LogP contribution in [0.1, 0.15) is 31.2 Å². The maximum atomic E-state index is 4.51. The third kappa shape index (κ3) is 0.765. The summed E-state index contributed by atoms with van der Waals surface area (Å²) >= 11 is 5.22. The van der Waals surface area contributed by atoms with Crippen molar-refractivity contribution >= 4 is 27.3 Å². The van der Waals surface area contributed by atoms with Crippen molar-refractivity contribution in [2.24, 2.45) is 5.41 Å². The molecular formula is C9H10BrNS. The number of thiazole rings is 1. The minimum atomic E-state index is 0.519. The van der Waals surface area contributed by atoms with E-state index in [9.17, 15) is 0 Å². The van der Waals surface area contributed by atoms with Gasteiger partial charge in [0.2, 0.25) is 0 Å². The summed E-state index contributed by atoms with van der Waals surface area (Å²) in [5, 5.41) is 3.45. The van der Waals surface area contributed by atoms with Crippen LogP contribution in [0.3, 0.4) is 0 Å². The molecule has 1 aromatic rings. The van der Waals surface area contributed by atoms with E-state index < -0.39 is 0 Å². The van der Waals surface area contributed by atoms with Crippen LogP contribution in [-0.2, 0) is 5.41 Å². The van der Waals surface area contributed by atoms with Crippen molar-refractivity contribution < 1.29 is 0 Å². The van der Waals surface area contributed by atoms with Gasteiger partial charge in [0.25, 0.3) is 0 Å². The van der Waals surface area contributed by atoms with E-state index >= 15 is 0 Å². The number of rotatable bonds is 1. The Kier molecular flexibility index (Phi) is 1.22. The lowest BCUT2D eigenvalue weighted by Crippen LogP contribution is -2.62. The van der Waals surface area contributed by atoms with Gasteiger partial charge in [0, 0.05) is 10.8 Å². The molecule has 1 nitrogen and oxygen atoms in total. The Morgan fingerprint density at radius 3 is 2.58 bits per heavy atom. The highest BCUT2D eigenvalue weighted by molar-refractivity contribution is 9.10. The highest BCUT2D eigenvalue weighted by atomic mass is 79.9. The molecule has 0 aromatic carbocycles. The van der Waals surface area contributed by atoms with Crippen LogP contribution in [-0.4, -0.2) is 4.98 Å². The fourth-order valence-corrected chi connectivity index (χ4v) is 4.47. The lowest BCUT2D eigenvalue weighted by atomic mass is 9.36. The van der Waals surface area contributed by atoms with Crippen molar-refractivity contribution in [2.45, 2.75) is 31.6 Å². The fraction of sp³-hybridized carbons (Fsp3) is 0.667.